The molecule has 1 saturated carbocycles. The molecule has 1 saturated heterocycles. The number of aliphatic imine (C=N–C) groups is 1. The predicted octanol–water partition coefficient (Wildman–Crippen LogP) is 3.01. The van der Waals surface area contributed by atoms with Gasteiger partial charge in [-0.05, 0) is 57.0 Å². The molecule has 140 valence electrons. The molecule has 1 aliphatic carbocycles. The summed E-state index contributed by atoms with van der Waals surface area (Å²) in [6.07, 6.45) is 3.90. The third-order valence-electron chi connectivity index (χ3n) is 4.96. The van der Waals surface area contributed by atoms with Crippen molar-refractivity contribution in [2.45, 2.75) is 51.1 Å². The first-order chi connectivity index (χ1) is 11.5. The maximum atomic E-state index is 12.4. The molecule has 2 rings (SSSR count). The fourth-order valence-corrected chi connectivity index (χ4v) is 3.31. The molecule has 0 unspecified atom stereocenters. The standard InChI is InChI=1S/C17H31F3N4/c1-21-16(22-9-2-3-14-4-5-14)23-10-6-15-7-11-24(12-8-15)13-17(18,19)20/h14-15H,2-13H2,1H3,(H2,21,22,23). The van der Waals surface area contributed by atoms with E-state index in [9.17, 15) is 13.2 Å². The van der Waals surface area contributed by atoms with Crippen molar-refractivity contribution in [3.8, 4) is 0 Å². The topological polar surface area (TPSA) is 39.7 Å². The minimum atomic E-state index is -4.08. The lowest BCUT2D eigenvalue weighted by Crippen LogP contribution is -2.41. The molecule has 0 radical (unpaired) electrons. The molecular weight excluding hydrogens is 317 g/mol. The quantitative estimate of drug-likeness (QED) is 0.402. The van der Waals surface area contributed by atoms with Crippen molar-refractivity contribution in [3.05, 3.63) is 0 Å². The van der Waals surface area contributed by atoms with Crippen LogP contribution < -0.4 is 10.6 Å². The molecule has 0 atom stereocenters. The van der Waals surface area contributed by atoms with Crippen LogP contribution in [0, 0.1) is 11.8 Å². The van der Waals surface area contributed by atoms with Crippen molar-refractivity contribution in [1.82, 2.24) is 15.5 Å². The minimum Gasteiger partial charge on any atom is -0.356 e. The molecular formula is C17H31F3N4. The van der Waals surface area contributed by atoms with Gasteiger partial charge in [0.15, 0.2) is 5.96 Å². The van der Waals surface area contributed by atoms with E-state index in [0.717, 1.165) is 44.2 Å². The maximum absolute atomic E-state index is 12.4. The van der Waals surface area contributed by atoms with Crippen molar-refractivity contribution in [2.24, 2.45) is 16.8 Å². The lowest BCUT2D eigenvalue weighted by atomic mass is 9.93. The largest absolute Gasteiger partial charge is 0.401 e. The van der Waals surface area contributed by atoms with Gasteiger partial charge in [-0.1, -0.05) is 12.8 Å². The Morgan fingerprint density at radius 1 is 1.00 bits per heavy atom. The normalized spacial score (nSPS) is 21.1. The van der Waals surface area contributed by atoms with Crippen molar-refractivity contribution >= 4 is 5.96 Å². The Morgan fingerprint density at radius 3 is 2.21 bits per heavy atom. The molecule has 2 aliphatic rings. The fraction of sp³-hybridized carbons (Fsp3) is 0.941. The van der Waals surface area contributed by atoms with Gasteiger partial charge in [-0.25, -0.2) is 0 Å². The van der Waals surface area contributed by atoms with Gasteiger partial charge < -0.3 is 10.6 Å². The molecule has 0 amide bonds. The van der Waals surface area contributed by atoms with Crippen LogP contribution >= 0.6 is 0 Å². The van der Waals surface area contributed by atoms with Gasteiger partial charge in [0.1, 0.15) is 0 Å². The first-order valence-electron chi connectivity index (χ1n) is 9.20. The van der Waals surface area contributed by atoms with Crippen molar-refractivity contribution < 1.29 is 13.2 Å². The zero-order valence-corrected chi connectivity index (χ0v) is 14.7. The average molecular weight is 348 g/mol. The van der Waals surface area contributed by atoms with E-state index in [2.05, 4.69) is 15.6 Å². The number of rotatable bonds is 8. The van der Waals surface area contributed by atoms with E-state index >= 15 is 0 Å². The number of halogens is 3. The second-order valence-corrected chi connectivity index (χ2v) is 7.13. The first-order valence-corrected chi connectivity index (χ1v) is 9.20. The van der Waals surface area contributed by atoms with E-state index < -0.39 is 12.7 Å². The van der Waals surface area contributed by atoms with E-state index in [1.54, 1.807) is 7.05 Å². The van der Waals surface area contributed by atoms with Crippen LogP contribution in [0.5, 0.6) is 0 Å². The number of hydrogen-bond acceptors (Lipinski definition) is 2. The number of alkyl halides is 3. The van der Waals surface area contributed by atoms with Gasteiger partial charge in [-0.15, -0.1) is 0 Å². The van der Waals surface area contributed by atoms with Crippen LogP contribution in [0.2, 0.25) is 0 Å². The third-order valence-corrected chi connectivity index (χ3v) is 4.96. The zero-order valence-electron chi connectivity index (χ0n) is 14.7. The number of guanidine groups is 1. The molecule has 0 aromatic rings. The van der Waals surface area contributed by atoms with E-state index in [1.165, 1.54) is 30.6 Å². The third kappa shape index (κ3) is 8.22. The van der Waals surface area contributed by atoms with Crippen molar-refractivity contribution in [2.75, 3.05) is 39.8 Å². The highest BCUT2D eigenvalue weighted by Gasteiger charge is 2.32. The first kappa shape index (κ1) is 19.3. The highest BCUT2D eigenvalue weighted by molar-refractivity contribution is 5.79. The summed E-state index contributed by atoms with van der Waals surface area (Å²) in [5, 5.41) is 6.64. The van der Waals surface area contributed by atoms with Crippen LogP contribution in [0.15, 0.2) is 4.99 Å². The van der Waals surface area contributed by atoms with Gasteiger partial charge in [0.05, 0.1) is 6.54 Å². The molecule has 24 heavy (non-hydrogen) atoms. The van der Waals surface area contributed by atoms with Crippen LogP contribution in [-0.2, 0) is 0 Å². The summed E-state index contributed by atoms with van der Waals surface area (Å²) in [7, 11) is 1.77. The summed E-state index contributed by atoms with van der Waals surface area (Å²) in [5.74, 6) is 2.31. The fourth-order valence-electron chi connectivity index (χ4n) is 3.31. The number of piperidine rings is 1. The van der Waals surface area contributed by atoms with E-state index in [4.69, 9.17) is 0 Å². The highest BCUT2D eigenvalue weighted by Crippen LogP contribution is 2.33. The second-order valence-electron chi connectivity index (χ2n) is 7.13. The lowest BCUT2D eigenvalue weighted by Gasteiger charge is -2.32. The SMILES string of the molecule is CN=C(NCCCC1CC1)NCCC1CCN(CC(F)(F)F)CC1. The Balaban J connectivity index is 1.51. The van der Waals surface area contributed by atoms with Gasteiger partial charge in [0.25, 0.3) is 0 Å². The van der Waals surface area contributed by atoms with Crippen LogP contribution in [0.25, 0.3) is 0 Å². The van der Waals surface area contributed by atoms with Crippen LogP contribution in [0.3, 0.4) is 0 Å². The van der Waals surface area contributed by atoms with Gasteiger partial charge in [-0.3, -0.25) is 9.89 Å². The van der Waals surface area contributed by atoms with Crippen molar-refractivity contribution in [3.63, 3.8) is 0 Å². The van der Waals surface area contributed by atoms with Crippen LogP contribution in [-0.4, -0.2) is 56.8 Å². The molecule has 0 spiro atoms. The Labute approximate surface area is 143 Å². The average Bonchev–Trinajstić information content (AvgIpc) is 3.34. The molecule has 4 nitrogen and oxygen atoms in total. The summed E-state index contributed by atoms with van der Waals surface area (Å²) in [6, 6.07) is 0. The van der Waals surface area contributed by atoms with Crippen molar-refractivity contribution in [1.29, 1.82) is 0 Å². The Morgan fingerprint density at radius 2 is 1.62 bits per heavy atom. The monoisotopic (exact) mass is 348 g/mol. The van der Waals surface area contributed by atoms with Gasteiger partial charge in [0, 0.05) is 20.1 Å². The predicted molar refractivity (Wildman–Crippen MR) is 91.2 cm³/mol. The summed E-state index contributed by atoms with van der Waals surface area (Å²) in [6.45, 7) is 2.12. The molecule has 0 aromatic heterocycles. The van der Waals surface area contributed by atoms with E-state index in [-0.39, 0.29) is 0 Å². The molecule has 2 fully saturated rings. The van der Waals surface area contributed by atoms with Crippen LogP contribution in [0.4, 0.5) is 13.2 Å². The second kappa shape index (κ2) is 9.49. The molecule has 1 aliphatic heterocycles. The highest BCUT2D eigenvalue weighted by atomic mass is 19.4. The summed E-state index contributed by atoms with van der Waals surface area (Å²) in [4.78, 5) is 5.73. The van der Waals surface area contributed by atoms with Crippen LogP contribution in [0.1, 0.15) is 44.9 Å². The summed E-state index contributed by atoms with van der Waals surface area (Å²) in [5.41, 5.74) is 0. The summed E-state index contributed by atoms with van der Waals surface area (Å²) >= 11 is 0. The van der Waals surface area contributed by atoms with E-state index in [0.29, 0.717) is 19.0 Å². The maximum Gasteiger partial charge on any atom is 0.401 e. The number of nitrogens with zero attached hydrogens (tertiary/aromatic N) is 2. The number of nitrogens with one attached hydrogen (secondary N) is 2. The minimum absolute atomic E-state index is 0.509. The zero-order chi connectivity index (χ0) is 17.4. The molecule has 2 N–H and O–H groups in total. The number of hydrogen-bond donors (Lipinski definition) is 2. The Kier molecular flexibility index (Phi) is 7.65. The molecule has 0 bridgehead atoms. The Bertz CT molecular complexity index is 386. The van der Waals surface area contributed by atoms with Gasteiger partial charge >= 0.3 is 6.18 Å². The Hall–Kier alpha value is -0.980. The summed E-state index contributed by atoms with van der Waals surface area (Å²) < 4.78 is 37.1. The smallest absolute Gasteiger partial charge is 0.356 e. The number of likely N-dealkylation sites (tertiary alicyclic amines) is 1. The lowest BCUT2D eigenvalue weighted by molar-refractivity contribution is -0.148. The van der Waals surface area contributed by atoms with Gasteiger partial charge in [0.2, 0.25) is 0 Å². The molecule has 0 aromatic carbocycles. The molecule has 7 heteroatoms. The van der Waals surface area contributed by atoms with Gasteiger partial charge in [-0.2, -0.15) is 13.2 Å². The molecule has 1 heterocycles. The van der Waals surface area contributed by atoms with E-state index in [1.807, 2.05) is 0 Å².